The molecule has 0 spiro atoms. The average molecular weight is 310 g/mol. The van der Waals surface area contributed by atoms with Gasteiger partial charge >= 0.3 is 5.97 Å². The first-order chi connectivity index (χ1) is 11.1. The molecule has 1 aliphatic rings. The minimum Gasteiger partial charge on any atom is -0.478 e. The van der Waals surface area contributed by atoms with Gasteiger partial charge in [-0.15, -0.1) is 0 Å². The molecule has 1 amide bonds. The molecule has 0 aliphatic carbocycles. The van der Waals surface area contributed by atoms with Gasteiger partial charge in [-0.05, 0) is 36.4 Å². The summed E-state index contributed by atoms with van der Waals surface area (Å²) < 4.78 is 10.4. The molecule has 2 N–H and O–H groups in total. The third kappa shape index (κ3) is 2.78. The SMILES string of the molecule is N#Cc1ccc(NC(=O)c2ccc3c(c2)OCO3)c(C(=O)O)c1. The molecule has 7 heteroatoms. The number of nitriles is 1. The zero-order chi connectivity index (χ0) is 16.4. The van der Waals surface area contributed by atoms with Crippen LogP contribution >= 0.6 is 0 Å². The number of nitrogens with zero attached hydrogens (tertiary/aromatic N) is 1. The zero-order valence-corrected chi connectivity index (χ0v) is 11.7. The van der Waals surface area contributed by atoms with Crippen molar-refractivity contribution >= 4 is 17.6 Å². The molecular weight excluding hydrogens is 300 g/mol. The van der Waals surface area contributed by atoms with Crippen molar-refractivity contribution < 1.29 is 24.2 Å². The predicted molar refractivity (Wildman–Crippen MR) is 78.6 cm³/mol. The topological polar surface area (TPSA) is 109 Å². The first kappa shape index (κ1) is 14.4. The fraction of sp³-hybridized carbons (Fsp3) is 0.0625. The van der Waals surface area contributed by atoms with Crippen molar-refractivity contribution in [3.63, 3.8) is 0 Å². The maximum absolute atomic E-state index is 12.3. The third-order valence-electron chi connectivity index (χ3n) is 3.26. The number of hydrogen-bond donors (Lipinski definition) is 2. The lowest BCUT2D eigenvalue weighted by Crippen LogP contribution is -2.15. The molecule has 0 bridgehead atoms. The molecule has 0 fully saturated rings. The maximum Gasteiger partial charge on any atom is 0.337 e. The van der Waals surface area contributed by atoms with Gasteiger partial charge in [-0.2, -0.15) is 5.26 Å². The van der Waals surface area contributed by atoms with Crippen LogP contribution in [0.1, 0.15) is 26.3 Å². The molecule has 0 radical (unpaired) electrons. The first-order valence-corrected chi connectivity index (χ1v) is 6.57. The maximum atomic E-state index is 12.3. The van der Waals surface area contributed by atoms with E-state index in [2.05, 4.69) is 5.32 Å². The lowest BCUT2D eigenvalue weighted by atomic mass is 10.1. The Balaban J connectivity index is 1.88. The molecule has 0 atom stereocenters. The molecule has 2 aromatic rings. The second-order valence-electron chi connectivity index (χ2n) is 4.70. The van der Waals surface area contributed by atoms with Crippen molar-refractivity contribution in [2.45, 2.75) is 0 Å². The fourth-order valence-corrected chi connectivity index (χ4v) is 2.13. The summed E-state index contributed by atoms with van der Waals surface area (Å²) in [6.07, 6.45) is 0. The number of carboxylic acid groups (broad SMARTS) is 1. The second kappa shape index (κ2) is 5.69. The zero-order valence-electron chi connectivity index (χ0n) is 11.7. The van der Waals surface area contributed by atoms with Crippen LogP contribution in [-0.4, -0.2) is 23.8 Å². The van der Waals surface area contributed by atoms with Crippen molar-refractivity contribution in [1.82, 2.24) is 0 Å². The molecule has 7 nitrogen and oxygen atoms in total. The van der Waals surface area contributed by atoms with Crippen LogP contribution in [0.3, 0.4) is 0 Å². The van der Waals surface area contributed by atoms with E-state index < -0.39 is 11.9 Å². The molecule has 0 saturated heterocycles. The van der Waals surface area contributed by atoms with Gasteiger partial charge in [0.2, 0.25) is 6.79 Å². The van der Waals surface area contributed by atoms with E-state index in [4.69, 9.17) is 14.7 Å². The molecule has 2 aromatic carbocycles. The average Bonchev–Trinajstić information content (AvgIpc) is 3.02. The second-order valence-corrected chi connectivity index (χ2v) is 4.70. The molecule has 1 aliphatic heterocycles. The van der Waals surface area contributed by atoms with Crippen LogP contribution in [-0.2, 0) is 0 Å². The highest BCUT2D eigenvalue weighted by Gasteiger charge is 2.18. The molecule has 0 saturated carbocycles. The van der Waals surface area contributed by atoms with Gasteiger partial charge < -0.3 is 19.9 Å². The van der Waals surface area contributed by atoms with Gasteiger partial charge in [-0.3, -0.25) is 4.79 Å². The number of carbonyl (C=O) groups is 2. The Labute approximate surface area is 130 Å². The van der Waals surface area contributed by atoms with Gasteiger partial charge in [0, 0.05) is 5.56 Å². The van der Waals surface area contributed by atoms with Crippen LogP contribution in [0.4, 0.5) is 5.69 Å². The van der Waals surface area contributed by atoms with Crippen LogP contribution in [0.15, 0.2) is 36.4 Å². The molecule has 0 aromatic heterocycles. The number of nitrogens with one attached hydrogen (secondary N) is 1. The summed E-state index contributed by atoms with van der Waals surface area (Å²) in [5.41, 5.74) is 0.454. The van der Waals surface area contributed by atoms with E-state index in [1.165, 1.54) is 24.3 Å². The number of benzene rings is 2. The number of hydrogen-bond acceptors (Lipinski definition) is 5. The largest absolute Gasteiger partial charge is 0.478 e. The van der Waals surface area contributed by atoms with E-state index in [0.717, 1.165) is 0 Å². The Morgan fingerprint density at radius 3 is 2.65 bits per heavy atom. The van der Waals surface area contributed by atoms with Gasteiger partial charge in [-0.25, -0.2) is 4.79 Å². The summed E-state index contributed by atoms with van der Waals surface area (Å²) in [5, 5.41) is 20.6. The number of carboxylic acids is 1. The van der Waals surface area contributed by atoms with Crippen molar-refractivity contribution in [2.75, 3.05) is 12.1 Å². The van der Waals surface area contributed by atoms with E-state index in [9.17, 15) is 14.7 Å². The monoisotopic (exact) mass is 310 g/mol. The normalized spacial score (nSPS) is 11.6. The van der Waals surface area contributed by atoms with Crippen LogP contribution in [0.25, 0.3) is 0 Å². The number of anilines is 1. The van der Waals surface area contributed by atoms with E-state index in [-0.39, 0.29) is 23.6 Å². The number of rotatable bonds is 3. The van der Waals surface area contributed by atoms with Crippen LogP contribution in [0.2, 0.25) is 0 Å². The van der Waals surface area contributed by atoms with Crippen LogP contribution in [0.5, 0.6) is 11.5 Å². The van der Waals surface area contributed by atoms with E-state index in [1.807, 2.05) is 6.07 Å². The number of aromatic carboxylic acids is 1. The summed E-state index contributed by atoms with van der Waals surface area (Å²) in [6, 6.07) is 10.5. The minimum absolute atomic E-state index is 0.0964. The molecular formula is C16H10N2O5. The summed E-state index contributed by atoms with van der Waals surface area (Å²) in [6.45, 7) is 0.0964. The Hall–Kier alpha value is -3.53. The highest BCUT2D eigenvalue weighted by molar-refractivity contribution is 6.08. The minimum atomic E-state index is -1.23. The third-order valence-corrected chi connectivity index (χ3v) is 3.26. The van der Waals surface area contributed by atoms with Crippen LogP contribution in [0, 0.1) is 11.3 Å². The Morgan fingerprint density at radius 1 is 1.13 bits per heavy atom. The van der Waals surface area contributed by atoms with Gasteiger partial charge in [0.15, 0.2) is 11.5 Å². The van der Waals surface area contributed by atoms with Crippen molar-refractivity contribution in [3.8, 4) is 17.6 Å². The van der Waals surface area contributed by atoms with Crippen LogP contribution < -0.4 is 14.8 Å². The number of ether oxygens (including phenoxy) is 2. The summed E-state index contributed by atoms with van der Waals surface area (Å²) in [4.78, 5) is 23.5. The highest BCUT2D eigenvalue weighted by Crippen LogP contribution is 2.32. The van der Waals surface area contributed by atoms with E-state index >= 15 is 0 Å². The van der Waals surface area contributed by atoms with Gasteiger partial charge in [0.1, 0.15) is 0 Å². The smallest absolute Gasteiger partial charge is 0.337 e. The van der Waals surface area contributed by atoms with Gasteiger partial charge in [0.25, 0.3) is 5.91 Å². The van der Waals surface area contributed by atoms with Gasteiger partial charge in [-0.1, -0.05) is 0 Å². The summed E-state index contributed by atoms with van der Waals surface area (Å²) >= 11 is 0. The fourth-order valence-electron chi connectivity index (χ4n) is 2.13. The van der Waals surface area contributed by atoms with Crippen molar-refractivity contribution in [1.29, 1.82) is 5.26 Å². The predicted octanol–water partition coefficient (Wildman–Crippen LogP) is 2.24. The summed E-state index contributed by atoms with van der Waals surface area (Å²) in [5.74, 6) is -0.722. The number of amides is 1. The number of fused-ring (bicyclic) bond motifs is 1. The summed E-state index contributed by atoms with van der Waals surface area (Å²) in [7, 11) is 0. The van der Waals surface area contributed by atoms with E-state index in [0.29, 0.717) is 17.1 Å². The lowest BCUT2D eigenvalue weighted by molar-refractivity contribution is 0.0698. The number of carbonyl (C=O) groups excluding carboxylic acids is 1. The Bertz CT molecular complexity index is 854. The van der Waals surface area contributed by atoms with Crippen molar-refractivity contribution in [3.05, 3.63) is 53.1 Å². The molecule has 114 valence electrons. The highest BCUT2D eigenvalue weighted by atomic mass is 16.7. The molecule has 1 heterocycles. The Kier molecular flexibility index (Phi) is 3.57. The van der Waals surface area contributed by atoms with Crippen molar-refractivity contribution in [2.24, 2.45) is 0 Å². The van der Waals surface area contributed by atoms with E-state index in [1.54, 1.807) is 12.1 Å². The Morgan fingerprint density at radius 2 is 1.91 bits per heavy atom. The molecule has 23 heavy (non-hydrogen) atoms. The standard InChI is InChI=1S/C16H10N2O5/c17-7-9-1-3-12(11(5-9)16(20)21)18-15(19)10-2-4-13-14(6-10)23-8-22-13/h1-6H,8H2,(H,18,19)(H,20,21). The lowest BCUT2D eigenvalue weighted by Gasteiger charge is -2.09. The first-order valence-electron chi connectivity index (χ1n) is 6.57. The quantitative estimate of drug-likeness (QED) is 0.900. The van der Waals surface area contributed by atoms with Gasteiger partial charge in [0.05, 0.1) is 22.9 Å². The molecule has 0 unspecified atom stereocenters. The molecule has 3 rings (SSSR count).